The third-order valence-electron chi connectivity index (χ3n) is 10.2. The summed E-state index contributed by atoms with van der Waals surface area (Å²) in [6.45, 7) is 14.2. The van der Waals surface area contributed by atoms with Gasteiger partial charge in [0.1, 0.15) is 17.7 Å². The molecule has 3 heterocycles. The van der Waals surface area contributed by atoms with Gasteiger partial charge in [0.2, 0.25) is 17.7 Å². The SMILES string of the molecule is C=CCCC(=O)N[C@H](C)[C@@H](OC(=O)[C@@H]1[C@H]2O[C@@]3(CC2Br)[C@H](C(=O)N(CC=C)C(C)CCC)N(CCCCCCO)C(=O)[C@@H]13)c1ccccc1. The number of allylic oxidation sites excluding steroid dienone is 1. The average Bonchev–Trinajstić information content (AvgIpc) is 3.68. The first-order valence-electron chi connectivity index (χ1n) is 17.9. The number of unbranched alkanes of at least 4 members (excludes halogenated alkanes) is 3. The fraction of sp³-hybridized carbons (Fsp3) is 0.632. The molecule has 270 valence electrons. The zero-order valence-electron chi connectivity index (χ0n) is 29.2. The lowest BCUT2D eigenvalue weighted by Gasteiger charge is -2.39. The van der Waals surface area contributed by atoms with Crippen LogP contribution in [0.25, 0.3) is 0 Å². The molecule has 3 fully saturated rings. The van der Waals surface area contributed by atoms with Crippen LogP contribution in [-0.4, -0.2) is 93.0 Å². The van der Waals surface area contributed by atoms with E-state index in [4.69, 9.17) is 9.47 Å². The van der Waals surface area contributed by atoms with E-state index >= 15 is 0 Å². The van der Waals surface area contributed by atoms with Gasteiger partial charge in [-0.05, 0) is 51.5 Å². The van der Waals surface area contributed by atoms with Crippen molar-refractivity contribution >= 4 is 39.6 Å². The molecule has 49 heavy (non-hydrogen) atoms. The van der Waals surface area contributed by atoms with Crippen molar-refractivity contribution in [2.24, 2.45) is 11.8 Å². The number of benzene rings is 1. The molecule has 0 aromatic heterocycles. The summed E-state index contributed by atoms with van der Waals surface area (Å²) < 4.78 is 13.0. The van der Waals surface area contributed by atoms with Gasteiger partial charge in [-0.2, -0.15) is 0 Å². The first-order valence-corrected chi connectivity index (χ1v) is 18.8. The zero-order valence-corrected chi connectivity index (χ0v) is 30.8. The number of fused-ring (bicyclic) bond motifs is 1. The number of amides is 3. The number of aliphatic hydroxyl groups excluding tert-OH is 1. The predicted molar refractivity (Wildman–Crippen MR) is 192 cm³/mol. The standard InChI is InChI=1S/C38H54BrN3O7/c1-6-9-20-29(44)40-26(5)32(27-18-13-12-14-19-27)48-37(47)30-31-35(45)42(22-15-10-11-16-23-43)34(38(31)24-28(39)33(30)49-38)36(46)41(21-8-3)25(4)17-7-2/h6,8,12-14,18-19,25-26,28,30-34,43H,1,3,7,9-11,15-17,20-24H2,2,4-5H3,(H,40,44)/t25?,26-,28?,30+,31-,32-,33+,34+,38-/m1/s1. The number of alkyl halides is 1. The maximum absolute atomic E-state index is 14.7. The summed E-state index contributed by atoms with van der Waals surface area (Å²) >= 11 is 3.76. The van der Waals surface area contributed by atoms with Crippen molar-refractivity contribution in [2.75, 3.05) is 19.7 Å². The Kier molecular flexibility index (Phi) is 14.1. The second-order valence-electron chi connectivity index (χ2n) is 13.7. The highest BCUT2D eigenvalue weighted by Gasteiger charge is 2.77. The Balaban J connectivity index is 1.68. The molecular weight excluding hydrogens is 690 g/mol. The van der Waals surface area contributed by atoms with Crippen LogP contribution in [0.4, 0.5) is 0 Å². The van der Waals surface area contributed by atoms with Crippen molar-refractivity contribution in [1.82, 2.24) is 15.1 Å². The van der Waals surface area contributed by atoms with E-state index in [0.29, 0.717) is 44.3 Å². The minimum absolute atomic E-state index is 0.0820. The van der Waals surface area contributed by atoms with E-state index in [1.807, 2.05) is 37.3 Å². The van der Waals surface area contributed by atoms with Crippen molar-refractivity contribution in [3.05, 3.63) is 61.2 Å². The van der Waals surface area contributed by atoms with Gasteiger partial charge in [0, 0.05) is 37.0 Å². The molecule has 3 saturated heterocycles. The monoisotopic (exact) mass is 743 g/mol. The van der Waals surface area contributed by atoms with Gasteiger partial charge in [-0.3, -0.25) is 19.2 Å². The number of likely N-dealkylation sites (tertiary alicyclic amines) is 1. The number of aliphatic hydroxyl groups is 1. The lowest BCUT2D eigenvalue weighted by Crippen LogP contribution is -2.58. The first kappa shape index (κ1) is 38.8. The van der Waals surface area contributed by atoms with Gasteiger partial charge in [0.25, 0.3) is 0 Å². The van der Waals surface area contributed by atoms with Crippen molar-refractivity contribution in [3.63, 3.8) is 0 Å². The topological polar surface area (TPSA) is 125 Å². The van der Waals surface area contributed by atoms with E-state index in [2.05, 4.69) is 41.3 Å². The fourth-order valence-electron chi connectivity index (χ4n) is 7.96. The number of nitrogens with zero attached hydrogens (tertiary/aromatic N) is 2. The Hall–Kier alpha value is -3.02. The molecule has 2 bridgehead atoms. The highest BCUT2D eigenvalue weighted by atomic mass is 79.9. The highest BCUT2D eigenvalue weighted by molar-refractivity contribution is 9.09. The number of hydrogen-bond donors (Lipinski definition) is 2. The second-order valence-corrected chi connectivity index (χ2v) is 14.9. The van der Waals surface area contributed by atoms with Gasteiger partial charge < -0.3 is 29.7 Å². The number of carbonyl (C=O) groups is 4. The third kappa shape index (κ3) is 8.31. The van der Waals surface area contributed by atoms with Gasteiger partial charge in [-0.1, -0.05) is 84.6 Å². The highest BCUT2D eigenvalue weighted by Crippen LogP contribution is 2.60. The Morgan fingerprint density at radius 1 is 1.16 bits per heavy atom. The number of rotatable bonds is 20. The van der Waals surface area contributed by atoms with Gasteiger partial charge in [-0.25, -0.2) is 0 Å². The van der Waals surface area contributed by atoms with Gasteiger partial charge in [0.15, 0.2) is 0 Å². The van der Waals surface area contributed by atoms with Gasteiger partial charge in [0.05, 0.1) is 24.0 Å². The Bertz CT molecular complexity index is 1330. The molecule has 2 N–H and O–H groups in total. The summed E-state index contributed by atoms with van der Waals surface area (Å²) in [7, 11) is 0. The molecule has 0 aliphatic carbocycles. The largest absolute Gasteiger partial charge is 0.455 e. The molecule has 0 radical (unpaired) electrons. The normalized spacial score (nSPS) is 27.2. The number of nitrogens with one attached hydrogen (secondary N) is 1. The maximum Gasteiger partial charge on any atom is 0.313 e. The zero-order chi connectivity index (χ0) is 35.7. The molecule has 1 aromatic rings. The molecule has 9 atom stereocenters. The summed E-state index contributed by atoms with van der Waals surface area (Å²) in [6, 6.07) is 7.69. The molecule has 11 heteroatoms. The van der Waals surface area contributed by atoms with Crippen molar-refractivity contribution in [2.45, 2.75) is 119 Å². The number of halogens is 1. The van der Waals surface area contributed by atoms with Crippen molar-refractivity contribution < 1.29 is 33.8 Å². The van der Waals surface area contributed by atoms with Gasteiger partial charge >= 0.3 is 5.97 Å². The van der Waals surface area contributed by atoms with E-state index < -0.39 is 47.7 Å². The molecule has 3 amide bonds. The van der Waals surface area contributed by atoms with Gasteiger partial charge in [-0.15, -0.1) is 13.2 Å². The average molecular weight is 745 g/mol. The van der Waals surface area contributed by atoms with E-state index in [0.717, 1.165) is 25.7 Å². The minimum atomic E-state index is -1.21. The van der Waals surface area contributed by atoms with Crippen molar-refractivity contribution in [1.29, 1.82) is 0 Å². The molecule has 10 nitrogen and oxygen atoms in total. The third-order valence-corrected chi connectivity index (χ3v) is 11.1. The first-order chi connectivity index (χ1) is 23.6. The Morgan fingerprint density at radius 2 is 1.88 bits per heavy atom. The Labute approximate surface area is 299 Å². The van der Waals surface area contributed by atoms with Crippen LogP contribution in [0.3, 0.4) is 0 Å². The van der Waals surface area contributed by atoms with Crippen LogP contribution in [0.1, 0.15) is 90.2 Å². The molecule has 2 unspecified atom stereocenters. The molecule has 3 aliphatic heterocycles. The van der Waals surface area contributed by atoms with Crippen LogP contribution >= 0.6 is 15.9 Å². The molecule has 0 saturated carbocycles. The number of carbonyl (C=O) groups excluding carboxylic acids is 4. The van der Waals surface area contributed by atoms with Crippen LogP contribution < -0.4 is 5.32 Å². The summed E-state index contributed by atoms with van der Waals surface area (Å²) in [4.78, 5) is 59.5. The maximum atomic E-state index is 14.7. The fourth-order valence-corrected chi connectivity index (χ4v) is 8.91. The lowest BCUT2D eigenvalue weighted by molar-refractivity contribution is -0.162. The number of ether oxygens (including phenoxy) is 2. The van der Waals surface area contributed by atoms with Crippen LogP contribution in [0, 0.1) is 11.8 Å². The quantitative estimate of drug-likeness (QED) is 0.0810. The molecular formula is C38H54BrN3O7. The smallest absolute Gasteiger partial charge is 0.313 e. The predicted octanol–water partition coefficient (Wildman–Crippen LogP) is 5.25. The summed E-state index contributed by atoms with van der Waals surface area (Å²) in [5, 5.41) is 12.2. The number of esters is 1. The van der Waals surface area contributed by atoms with Crippen LogP contribution in [0.2, 0.25) is 0 Å². The summed E-state index contributed by atoms with van der Waals surface area (Å²) in [6.07, 6.45) is 7.68. The van der Waals surface area contributed by atoms with E-state index in [1.54, 1.807) is 28.9 Å². The molecule has 1 spiro atoms. The van der Waals surface area contributed by atoms with E-state index in [-0.39, 0.29) is 41.6 Å². The molecule has 3 aliphatic rings. The van der Waals surface area contributed by atoms with E-state index in [9.17, 15) is 24.3 Å². The minimum Gasteiger partial charge on any atom is -0.455 e. The molecule has 1 aromatic carbocycles. The summed E-state index contributed by atoms with van der Waals surface area (Å²) in [5.41, 5.74) is -0.498. The lowest BCUT2D eigenvalue weighted by atomic mass is 9.70. The van der Waals surface area contributed by atoms with Crippen LogP contribution in [0.5, 0.6) is 0 Å². The van der Waals surface area contributed by atoms with Crippen LogP contribution in [-0.2, 0) is 28.7 Å². The Morgan fingerprint density at radius 3 is 2.53 bits per heavy atom. The molecule has 4 rings (SSSR count). The summed E-state index contributed by atoms with van der Waals surface area (Å²) in [5.74, 6) is -3.08. The van der Waals surface area contributed by atoms with Crippen LogP contribution in [0.15, 0.2) is 55.6 Å². The second kappa shape index (κ2) is 17.8. The van der Waals surface area contributed by atoms with Crippen molar-refractivity contribution in [3.8, 4) is 0 Å². The number of hydrogen-bond acceptors (Lipinski definition) is 7. The van der Waals surface area contributed by atoms with E-state index in [1.165, 1.54) is 0 Å².